The number of rotatable bonds is 5. The van der Waals surface area contributed by atoms with Crippen LogP contribution in [0.4, 0.5) is 5.69 Å². The summed E-state index contributed by atoms with van der Waals surface area (Å²) in [5, 5.41) is 11.1. The van der Waals surface area contributed by atoms with Gasteiger partial charge < -0.3 is 9.47 Å². The molecule has 27 heavy (non-hydrogen) atoms. The molecule has 3 unspecified atom stereocenters. The molecule has 0 spiro atoms. The van der Waals surface area contributed by atoms with Gasteiger partial charge in [0.15, 0.2) is 0 Å². The van der Waals surface area contributed by atoms with E-state index < -0.39 is 46.6 Å². The highest BCUT2D eigenvalue weighted by Gasteiger charge is 2.49. The molecule has 2 rings (SSSR count). The normalized spacial score (nSPS) is 22.2. The first-order chi connectivity index (χ1) is 12.7. The van der Waals surface area contributed by atoms with Crippen LogP contribution in [-0.2, 0) is 23.9 Å². The second kappa shape index (κ2) is 8.07. The molecule has 0 aromatic heterocycles. The molecule has 1 amide bonds. The summed E-state index contributed by atoms with van der Waals surface area (Å²) in [5.41, 5.74) is 0.245. The Kier molecular flexibility index (Phi) is 6.04. The highest BCUT2D eigenvalue weighted by molar-refractivity contribution is 6.14. The van der Waals surface area contributed by atoms with Gasteiger partial charge in [-0.25, -0.2) is 4.99 Å². The number of aliphatic imine (C=N–C) groups is 1. The first-order valence-electron chi connectivity index (χ1n) is 8.29. The molecule has 0 N–H and O–H groups in total. The second-order valence-electron chi connectivity index (χ2n) is 6.43. The van der Waals surface area contributed by atoms with Gasteiger partial charge in [0.05, 0.1) is 18.1 Å². The molecule has 1 aliphatic heterocycles. The molecular formula is C18H20N2O7. The van der Waals surface area contributed by atoms with Crippen molar-refractivity contribution in [1.29, 1.82) is 0 Å². The van der Waals surface area contributed by atoms with Crippen LogP contribution >= 0.6 is 0 Å². The summed E-state index contributed by atoms with van der Waals surface area (Å²) >= 11 is 0. The Balaban J connectivity index is 2.64. The summed E-state index contributed by atoms with van der Waals surface area (Å²) < 4.78 is 9.99. The van der Waals surface area contributed by atoms with Gasteiger partial charge in [-0.1, -0.05) is 12.1 Å². The fourth-order valence-corrected chi connectivity index (χ4v) is 3.15. The first-order valence-corrected chi connectivity index (χ1v) is 8.29. The monoisotopic (exact) mass is 376 g/mol. The van der Waals surface area contributed by atoms with E-state index in [9.17, 15) is 24.5 Å². The average molecular weight is 376 g/mol. The topological polar surface area (TPSA) is 125 Å². The number of ether oxygens (including phenoxy) is 2. The van der Waals surface area contributed by atoms with E-state index in [2.05, 4.69) is 4.99 Å². The lowest BCUT2D eigenvalue weighted by Crippen LogP contribution is -2.45. The molecule has 0 saturated carbocycles. The van der Waals surface area contributed by atoms with Crippen molar-refractivity contribution < 1.29 is 28.8 Å². The lowest BCUT2D eigenvalue weighted by Gasteiger charge is -2.33. The Morgan fingerprint density at radius 1 is 1.22 bits per heavy atom. The van der Waals surface area contributed by atoms with Crippen LogP contribution in [0.5, 0.6) is 0 Å². The third kappa shape index (κ3) is 4.18. The number of carbonyl (C=O) groups is 3. The second-order valence-corrected chi connectivity index (χ2v) is 6.43. The zero-order valence-electron chi connectivity index (χ0n) is 15.4. The van der Waals surface area contributed by atoms with Gasteiger partial charge in [-0.05, 0) is 26.3 Å². The van der Waals surface area contributed by atoms with Gasteiger partial charge >= 0.3 is 11.9 Å². The maximum atomic E-state index is 12.7. The minimum atomic E-state index is -1.40. The Hall–Kier alpha value is -3.10. The molecule has 0 bridgehead atoms. The average Bonchev–Trinajstić information content (AvgIpc) is 2.59. The molecule has 1 aromatic rings. The van der Waals surface area contributed by atoms with Crippen LogP contribution in [-0.4, -0.2) is 41.7 Å². The van der Waals surface area contributed by atoms with Crippen molar-refractivity contribution in [3.05, 3.63) is 39.9 Å². The molecule has 3 atom stereocenters. The van der Waals surface area contributed by atoms with Crippen LogP contribution in [0.25, 0.3) is 0 Å². The van der Waals surface area contributed by atoms with Crippen LogP contribution in [0.15, 0.2) is 29.3 Å². The van der Waals surface area contributed by atoms with Gasteiger partial charge in [-0.2, -0.15) is 0 Å². The van der Waals surface area contributed by atoms with Crippen LogP contribution < -0.4 is 0 Å². The van der Waals surface area contributed by atoms with Crippen LogP contribution in [0.3, 0.4) is 0 Å². The Morgan fingerprint density at radius 3 is 2.44 bits per heavy atom. The fourth-order valence-electron chi connectivity index (χ4n) is 3.15. The minimum Gasteiger partial charge on any atom is -0.468 e. The number of carbonyl (C=O) groups excluding carboxylic acids is 3. The predicted molar refractivity (Wildman–Crippen MR) is 94.2 cm³/mol. The summed E-state index contributed by atoms with van der Waals surface area (Å²) in [6, 6.07) is 5.47. The number of esters is 2. The maximum absolute atomic E-state index is 12.7. The van der Waals surface area contributed by atoms with E-state index in [1.807, 2.05) is 0 Å². The summed E-state index contributed by atoms with van der Waals surface area (Å²) in [6.07, 6.45) is -0.426. The summed E-state index contributed by atoms with van der Waals surface area (Å²) in [4.78, 5) is 51.7. The predicted octanol–water partition coefficient (Wildman–Crippen LogP) is 2.04. The SMILES string of the molecule is COC(=O)C1C(=O)N=C(C)C(C(=O)OC(C)C)C1c1cccc([N+](=O)[O-])c1. The van der Waals surface area contributed by atoms with Crippen LogP contribution in [0, 0.1) is 22.0 Å². The number of benzene rings is 1. The van der Waals surface area contributed by atoms with Crippen LogP contribution in [0.2, 0.25) is 0 Å². The molecule has 1 aromatic carbocycles. The molecular weight excluding hydrogens is 356 g/mol. The molecule has 0 fully saturated rings. The van der Waals surface area contributed by atoms with Crippen molar-refractivity contribution in [2.75, 3.05) is 7.11 Å². The van der Waals surface area contributed by atoms with E-state index in [4.69, 9.17) is 9.47 Å². The van der Waals surface area contributed by atoms with Gasteiger partial charge in [0.25, 0.3) is 11.6 Å². The lowest BCUT2D eigenvalue weighted by atomic mass is 9.72. The number of methoxy groups -OCH3 is 1. The van der Waals surface area contributed by atoms with Gasteiger partial charge in [-0.15, -0.1) is 0 Å². The molecule has 144 valence electrons. The van der Waals surface area contributed by atoms with Crippen molar-refractivity contribution in [3.63, 3.8) is 0 Å². The highest BCUT2D eigenvalue weighted by Crippen LogP contribution is 2.40. The molecule has 0 saturated heterocycles. The van der Waals surface area contributed by atoms with E-state index >= 15 is 0 Å². The van der Waals surface area contributed by atoms with Crippen molar-refractivity contribution >= 4 is 29.2 Å². The van der Waals surface area contributed by atoms with Gasteiger partial charge in [-0.3, -0.25) is 24.5 Å². The van der Waals surface area contributed by atoms with Crippen molar-refractivity contribution in [2.45, 2.75) is 32.8 Å². The third-order valence-electron chi connectivity index (χ3n) is 4.25. The summed E-state index contributed by atoms with van der Waals surface area (Å²) in [6.45, 7) is 4.82. The number of hydrogen-bond acceptors (Lipinski definition) is 7. The number of non-ortho nitro benzene ring substituents is 1. The lowest BCUT2D eigenvalue weighted by molar-refractivity contribution is -0.384. The number of nitro benzene ring substituents is 1. The minimum absolute atomic E-state index is 0.183. The van der Waals surface area contributed by atoms with E-state index in [0.717, 1.165) is 7.11 Å². The van der Waals surface area contributed by atoms with E-state index in [0.29, 0.717) is 0 Å². The molecule has 9 nitrogen and oxygen atoms in total. The van der Waals surface area contributed by atoms with E-state index in [1.165, 1.54) is 31.2 Å². The molecule has 1 aliphatic rings. The largest absolute Gasteiger partial charge is 0.468 e. The van der Waals surface area contributed by atoms with Gasteiger partial charge in [0, 0.05) is 23.8 Å². The van der Waals surface area contributed by atoms with Gasteiger partial charge in [0.1, 0.15) is 11.8 Å². The standard InChI is InChI=1S/C18H20N2O7/c1-9(2)27-18(23)13-10(3)19-16(21)15(17(22)26-4)14(13)11-6-5-7-12(8-11)20(24)25/h5-9,13-15H,1-4H3. The summed E-state index contributed by atoms with van der Waals surface area (Å²) in [7, 11) is 1.12. The van der Waals surface area contributed by atoms with Crippen molar-refractivity contribution in [1.82, 2.24) is 0 Å². The maximum Gasteiger partial charge on any atom is 0.318 e. The number of nitrogens with zero attached hydrogens (tertiary/aromatic N) is 2. The Labute approximate surface area is 155 Å². The van der Waals surface area contributed by atoms with Crippen molar-refractivity contribution in [2.24, 2.45) is 16.8 Å². The number of hydrogen-bond donors (Lipinski definition) is 0. The third-order valence-corrected chi connectivity index (χ3v) is 4.25. The first kappa shape index (κ1) is 20.2. The van der Waals surface area contributed by atoms with E-state index in [-0.39, 0.29) is 17.0 Å². The quantitative estimate of drug-likeness (QED) is 0.333. The molecule has 0 aliphatic carbocycles. The number of nitro groups is 1. The van der Waals surface area contributed by atoms with E-state index in [1.54, 1.807) is 13.8 Å². The molecule has 1 heterocycles. The Bertz CT molecular complexity index is 816. The summed E-state index contributed by atoms with van der Waals surface area (Å²) in [5.74, 6) is -5.75. The zero-order chi connectivity index (χ0) is 20.3. The highest BCUT2D eigenvalue weighted by atomic mass is 16.6. The Morgan fingerprint density at radius 2 is 1.89 bits per heavy atom. The smallest absolute Gasteiger partial charge is 0.318 e. The van der Waals surface area contributed by atoms with Crippen LogP contribution in [0.1, 0.15) is 32.3 Å². The van der Waals surface area contributed by atoms with Crippen molar-refractivity contribution in [3.8, 4) is 0 Å². The van der Waals surface area contributed by atoms with Gasteiger partial charge in [0.2, 0.25) is 0 Å². The fraction of sp³-hybridized carbons (Fsp3) is 0.444. The molecule has 0 radical (unpaired) electrons. The molecule has 9 heteroatoms. The number of amides is 1. The zero-order valence-corrected chi connectivity index (χ0v) is 15.4.